The molecule has 0 saturated carbocycles. The summed E-state index contributed by atoms with van der Waals surface area (Å²) in [6.07, 6.45) is 0.569. The molecule has 14 heavy (non-hydrogen) atoms. The first-order chi connectivity index (χ1) is 6.41. The van der Waals surface area contributed by atoms with Gasteiger partial charge in [-0.3, -0.25) is 4.79 Å². The lowest BCUT2D eigenvalue weighted by Crippen LogP contribution is -2.35. The molecule has 0 aromatic heterocycles. The zero-order chi connectivity index (χ0) is 11.1. The van der Waals surface area contributed by atoms with Crippen molar-refractivity contribution in [3.05, 3.63) is 0 Å². The first-order valence-corrected chi connectivity index (χ1v) is 5.12. The minimum absolute atomic E-state index is 0.0946. The van der Waals surface area contributed by atoms with Crippen molar-refractivity contribution >= 4 is 5.91 Å². The SMILES string of the molecule is CC(C)CC(O)CNC(=O)CC(C)N. The number of carbonyl (C=O) groups excluding carboxylic acids is 1. The fourth-order valence-corrected chi connectivity index (χ4v) is 1.22. The second-order valence-corrected chi connectivity index (χ2v) is 4.27. The maximum absolute atomic E-state index is 11.1. The highest BCUT2D eigenvalue weighted by molar-refractivity contribution is 5.76. The molecule has 2 unspecified atom stereocenters. The Balaban J connectivity index is 3.56. The lowest BCUT2D eigenvalue weighted by atomic mass is 10.1. The molecule has 0 spiro atoms. The standard InChI is InChI=1S/C10H22N2O2/c1-7(2)4-9(13)6-12-10(14)5-8(3)11/h7-9,13H,4-6,11H2,1-3H3,(H,12,14). The fourth-order valence-electron chi connectivity index (χ4n) is 1.22. The van der Waals surface area contributed by atoms with E-state index in [0.717, 1.165) is 0 Å². The third-order valence-electron chi connectivity index (χ3n) is 1.79. The third kappa shape index (κ3) is 8.01. The Hall–Kier alpha value is -0.610. The first-order valence-electron chi connectivity index (χ1n) is 5.12. The molecule has 4 N–H and O–H groups in total. The number of nitrogens with one attached hydrogen (secondary N) is 1. The minimum atomic E-state index is -0.452. The van der Waals surface area contributed by atoms with Gasteiger partial charge in [0.1, 0.15) is 0 Å². The first kappa shape index (κ1) is 13.4. The maximum Gasteiger partial charge on any atom is 0.221 e. The second kappa shape index (κ2) is 6.79. The molecule has 0 bridgehead atoms. The van der Waals surface area contributed by atoms with Gasteiger partial charge in [0.25, 0.3) is 0 Å². The quantitative estimate of drug-likeness (QED) is 0.578. The zero-order valence-electron chi connectivity index (χ0n) is 9.29. The van der Waals surface area contributed by atoms with Crippen molar-refractivity contribution in [2.45, 2.75) is 45.8 Å². The summed E-state index contributed by atoms with van der Waals surface area (Å²) in [6.45, 7) is 6.17. The van der Waals surface area contributed by atoms with Crippen molar-refractivity contribution in [3.8, 4) is 0 Å². The van der Waals surface area contributed by atoms with E-state index in [4.69, 9.17) is 5.73 Å². The molecule has 0 fully saturated rings. The van der Waals surface area contributed by atoms with Gasteiger partial charge in [0.2, 0.25) is 5.91 Å². The van der Waals surface area contributed by atoms with Gasteiger partial charge in [-0.05, 0) is 19.3 Å². The summed E-state index contributed by atoms with van der Waals surface area (Å²) in [5.41, 5.74) is 5.46. The molecule has 4 heteroatoms. The molecule has 0 aliphatic heterocycles. The lowest BCUT2D eigenvalue weighted by molar-refractivity contribution is -0.121. The predicted molar refractivity (Wildman–Crippen MR) is 56.7 cm³/mol. The molecule has 0 aromatic carbocycles. The Morgan fingerprint density at radius 3 is 2.43 bits per heavy atom. The van der Waals surface area contributed by atoms with Crippen LogP contribution in [0.1, 0.15) is 33.6 Å². The Morgan fingerprint density at radius 2 is 2.00 bits per heavy atom. The average molecular weight is 202 g/mol. The number of nitrogens with two attached hydrogens (primary N) is 1. The zero-order valence-corrected chi connectivity index (χ0v) is 9.29. The molecule has 0 aromatic rings. The van der Waals surface area contributed by atoms with Gasteiger partial charge in [-0.1, -0.05) is 13.8 Å². The van der Waals surface area contributed by atoms with Crippen molar-refractivity contribution in [2.75, 3.05) is 6.54 Å². The summed E-state index contributed by atoms with van der Waals surface area (Å²) in [5.74, 6) is 0.346. The second-order valence-electron chi connectivity index (χ2n) is 4.27. The summed E-state index contributed by atoms with van der Waals surface area (Å²) < 4.78 is 0. The van der Waals surface area contributed by atoms with Gasteiger partial charge in [-0.25, -0.2) is 0 Å². The van der Waals surface area contributed by atoms with Crippen molar-refractivity contribution in [1.82, 2.24) is 5.32 Å². The van der Waals surface area contributed by atoms with Crippen LogP contribution in [0, 0.1) is 5.92 Å². The third-order valence-corrected chi connectivity index (χ3v) is 1.79. The number of aliphatic hydroxyl groups is 1. The van der Waals surface area contributed by atoms with E-state index in [1.165, 1.54) is 0 Å². The van der Waals surface area contributed by atoms with Crippen molar-refractivity contribution < 1.29 is 9.90 Å². The highest BCUT2D eigenvalue weighted by atomic mass is 16.3. The van der Waals surface area contributed by atoms with Crippen LogP contribution in [-0.4, -0.2) is 29.7 Å². The fraction of sp³-hybridized carbons (Fsp3) is 0.900. The van der Waals surface area contributed by atoms with Crippen LogP contribution >= 0.6 is 0 Å². The molecule has 0 aliphatic carbocycles. The van der Waals surface area contributed by atoms with E-state index in [9.17, 15) is 9.90 Å². The summed E-state index contributed by atoms with van der Waals surface area (Å²) in [5, 5.41) is 12.1. The summed E-state index contributed by atoms with van der Waals surface area (Å²) in [4.78, 5) is 11.1. The molecule has 0 aliphatic rings. The topological polar surface area (TPSA) is 75.3 Å². The molecule has 1 amide bonds. The molecular formula is C10H22N2O2. The van der Waals surface area contributed by atoms with Crippen LogP contribution in [0.15, 0.2) is 0 Å². The van der Waals surface area contributed by atoms with Crippen molar-refractivity contribution in [3.63, 3.8) is 0 Å². The van der Waals surface area contributed by atoms with Crippen molar-refractivity contribution in [2.24, 2.45) is 11.7 Å². The van der Waals surface area contributed by atoms with Gasteiger partial charge in [0, 0.05) is 19.0 Å². The van der Waals surface area contributed by atoms with Gasteiger partial charge in [0.05, 0.1) is 6.10 Å². The van der Waals surface area contributed by atoms with E-state index in [-0.39, 0.29) is 11.9 Å². The molecular weight excluding hydrogens is 180 g/mol. The minimum Gasteiger partial charge on any atom is -0.391 e. The Kier molecular flexibility index (Phi) is 6.49. The molecule has 0 radical (unpaired) electrons. The highest BCUT2D eigenvalue weighted by Gasteiger charge is 2.09. The van der Waals surface area contributed by atoms with Crippen LogP contribution < -0.4 is 11.1 Å². The Labute approximate surface area is 85.9 Å². The Morgan fingerprint density at radius 1 is 1.43 bits per heavy atom. The number of hydrogen-bond donors (Lipinski definition) is 3. The van der Waals surface area contributed by atoms with E-state index >= 15 is 0 Å². The maximum atomic E-state index is 11.1. The molecule has 84 valence electrons. The summed E-state index contributed by atoms with van der Waals surface area (Å²) in [6, 6.07) is -0.128. The van der Waals surface area contributed by atoms with Gasteiger partial charge in [-0.2, -0.15) is 0 Å². The van der Waals surface area contributed by atoms with E-state index in [0.29, 0.717) is 25.3 Å². The number of aliphatic hydroxyl groups excluding tert-OH is 1. The van der Waals surface area contributed by atoms with E-state index in [2.05, 4.69) is 5.32 Å². The van der Waals surface area contributed by atoms with Crippen molar-refractivity contribution in [1.29, 1.82) is 0 Å². The van der Waals surface area contributed by atoms with Crippen LogP contribution in [-0.2, 0) is 4.79 Å². The predicted octanol–water partition coefficient (Wildman–Crippen LogP) is 0.247. The number of carbonyl (C=O) groups is 1. The highest BCUT2D eigenvalue weighted by Crippen LogP contribution is 2.03. The van der Waals surface area contributed by atoms with Crippen LogP contribution in [0.2, 0.25) is 0 Å². The Bertz CT molecular complexity index is 170. The molecule has 0 heterocycles. The largest absolute Gasteiger partial charge is 0.391 e. The van der Waals surface area contributed by atoms with E-state index in [1.54, 1.807) is 6.92 Å². The molecule has 2 atom stereocenters. The normalized spacial score (nSPS) is 15.3. The van der Waals surface area contributed by atoms with Gasteiger partial charge >= 0.3 is 0 Å². The summed E-state index contributed by atoms with van der Waals surface area (Å²) in [7, 11) is 0. The van der Waals surface area contributed by atoms with Gasteiger partial charge < -0.3 is 16.2 Å². The van der Waals surface area contributed by atoms with Crippen LogP contribution in [0.4, 0.5) is 0 Å². The van der Waals surface area contributed by atoms with E-state index < -0.39 is 6.10 Å². The smallest absolute Gasteiger partial charge is 0.221 e. The number of amides is 1. The van der Waals surface area contributed by atoms with Gasteiger partial charge in [-0.15, -0.1) is 0 Å². The average Bonchev–Trinajstić information content (AvgIpc) is 1.98. The lowest BCUT2D eigenvalue weighted by Gasteiger charge is -2.14. The monoisotopic (exact) mass is 202 g/mol. The van der Waals surface area contributed by atoms with E-state index in [1.807, 2.05) is 13.8 Å². The summed E-state index contributed by atoms with van der Waals surface area (Å²) >= 11 is 0. The molecule has 0 rings (SSSR count). The van der Waals surface area contributed by atoms with Crippen LogP contribution in [0.5, 0.6) is 0 Å². The van der Waals surface area contributed by atoms with Gasteiger partial charge in [0.15, 0.2) is 0 Å². The number of rotatable bonds is 6. The van der Waals surface area contributed by atoms with Crippen LogP contribution in [0.3, 0.4) is 0 Å². The molecule has 0 saturated heterocycles. The molecule has 4 nitrogen and oxygen atoms in total. The number of hydrogen-bond acceptors (Lipinski definition) is 3. The van der Waals surface area contributed by atoms with Crippen LogP contribution in [0.25, 0.3) is 0 Å².